The third-order valence-corrected chi connectivity index (χ3v) is 7.46. The summed E-state index contributed by atoms with van der Waals surface area (Å²) in [6, 6.07) is 4.21. The molecule has 1 N–H and O–H groups in total. The molecule has 0 bridgehead atoms. The van der Waals surface area contributed by atoms with Gasteiger partial charge in [0, 0.05) is 9.90 Å². The van der Waals surface area contributed by atoms with Gasteiger partial charge in [-0.1, -0.05) is 23.2 Å². The molecule has 0 saturated carbocycles. The van der Waals surface area contributed by atoms with Crippen molar-refractivity contribution >= 4 is 55.5 Å². The van der Waals surface area contributed by atoms with Gasteiger partial charge in [0.05, 0.1) is 17.2 Å². The highest BCUT2D eigenvalue weighted by molar-refractivity contribution is 7.93. The SMILES string of the molecule is CCOC(=O)c1c(NS(=O)(=O)c2cc(Cl)ccc2Cl)sc2c1CCCC2. The standard InChI is InChI=1S/C17H17Cl2NO4S2/c1-2-24-17(21)15-11-5-3-4-6-13(11)25-16(15)20-26(22,23)14-9-10(18)7-8-12(14)19/h7-9,20H,2-6H2,1H3. The fourth-order valence-corrected chi connectivity index (χ4v) is 6.26. The topological polar surface area (TPSA) is 72.5 Å². The Balaban J connectivity index is 2.05. The molecule has 2 aromatic rings. The number of halogens is 2. The highest BCUT2D eigenvalue weighted by Crippen LogP contribution is 2.40. The molecule has 0 aliphatic heterocycles. The molecule has 0 saturated heterocycles. The largest absolute Gasteiger partial charge is 0.462 e. The van der Waals surface area contributed by atoms with Crippen LogP contribution in [0.15, 0.2) is 23.1 Å². The van der Waals surface area contributed by atoms with Crippen LogP contribution in [0.25, 0.3) is 0 Å². The molecule has 0 amide bonds. The number of anilines is 1. The van der Waals surface area contributed by atoms with Crippen LogP contribution >= 0.6 is 34.5 Å². The number of aryl methyl sites for hydroxylation is 1. The van der Waals surface area contributed by atoms with E-state index >= 15 is 0 Å². The van der Waals surface area contributed by atoms with Crippen LogP contribution in [0.4, 0.5) is 5.00 Å². The lowest BCUT2D eigenvalue weighted by atomic mass is 9.95. The van der Waals surface area contributed by atoms with Gasteiger partial charge in [-0.2, -0.15) is 0 Å². The number of esters is 1. The molecule has 1 heterocycles. The minimum Gasteiger partial charge on any atom is -0.462 e. The minimum absolute atomic E-state index is 0.0564. The van der Waals surface area contributed by atoms with Crippen LogP contribution in [0.5, 0.6) is 0 Å². The second-order valence-corrected chi connectivity index (χ2v) is 9.42. The van der Waals surface area contributed by atoms with E-state index in [0.717, 1.165) is 36.1 Å². The summed E-state index contributed by atoms with van der Waals surface area (Å²) in [5, 5.41) is 0.582. The molecule has 0 radical (unpaired) electrons. The van der Waals surface area contributed by atoms with Crippen molar-refractivity contribution in [1.29, 1.82) is 0 Å². The Labute approximate surface area is 166 Å². The summed E-state index contributed by atoms with van der Waals surface area (Å²) in [5.41, 5.74) is 1.20. The summed E-state index contributed by atoms with van der Waals surface area (Å²) < 4.78 is 33.3. The summed E-state index contributed by atoms with van der Waals surface area (Å²) in [6.07, 6.45) is 3.54. The van der Waals surface area contributed by atoms with Crippen LogP contribution in [0, 0.1) is 0 Å². The van der Waals surface area contributed by atoms with Gasteiger partial charge in [-0.3, -0.25) is 4.72 Å². The number of benzene rings is 1. The highest BCUT2D eigenvalue weighted by Gasteiger charge is 2.29. The van der Waals surface area contributed by atoms with Crippen molar-refractivity contribution in [3.8, 4) is 0 Å². The quantitative estimate of drug-likeness (QED) is 0.679. The van der Waals surface area contributed by atoms with E-state index in [1.165, 1.54) is 29.5 Å². The number of carbonyl (C=O) groups excluding carboxylic acids is 1. The normalized spacial score (nSPS) is 14.0. The van der Waals surface area contributed by atoms with Crippen LogP contribution < -0.4 is 4.72 Å². The number of sulfonamides is 1. The van der Waals surface area contributed by atoms with E-state index in [-0.39, 0.29) is 26.5 Å². The second-order valence-electron chi connectivity index (χ2n) is 5.82. The average molecular weight is 434 g/mol. The fraction of sp³-hybridized carbons (Fsp3) is 0.353. The Kier molecular flexibility index (Phi) is 5.81. The second kappa shape index (κ2) is 7.76. The number of carbonyl (C=O) groups is 1. The van der Waals surface area contributed by atoms with E-state index in [1.807, 2.05) is 0 Å². The maximum atomic E-state index is 12.8. The summed E-state index contributed by atoms with van der Waals surface area (Å²) >= 11 is 13.2. The molecule has 140 valence electrons. The Hall–Kier alpha value is -1.28. The van der Waals surface area contributed by atoms with E-state index in [1.54, 1.807) is 6.92 Å². The van der Waals surface area contributed by atoms with Gasteiger partial charge in [-0.25, -0.2) is 13.2 Å². The predicted molar refractivity (Wildman–Crippen MR) is 104 cm³/mol. The first-order valence-corrected chi connectivity index (χ1v) is 11.2. The molecule has 1 aromatic carbocycles. The molecule has 0 spiro atoms. The van der Waals surface area contributed by atoms with Crippen molar-refractivity contribution in [3.63, 3.8) is 0 Å². The van der Waals surface area contributed by atoms with Gasteiger partial charge in [0.15, 0.2) is 0 Å². The van der Waals surface area contributed by atoms with Gasteiger partial charge in [0.1, 0.15) is 9.90 Å². The Bertz CT molecular complexity index is 954. The highest BCUT2D eigenvalue weighted by atomic mass is 35.5. The number of rotatable bonds is 5. The maximum Gasteiger partial charge on any atom is 0.341 e. The van der Waals surface area contributed by atoms with E-state index < -0.39 is 16.0 Å². The Morgan fingerprint density at radius 2 is 2.00 bits per heavy atom. The molecule has 0 atom stereocenters. The van der Waals surface area contributed by atoms with Crippen LogP contribution in [0.3, 0.4) is 0 Å². The van der Waals surface area contributed by atoms with E-state index in [4.69, 9.17) is 27.9 Å². The molecular weight excluding hydrogens is 417 g/mol. The molecule has 9 heteroatoms. The van der Waals surface area contributed by atoms with Gasteiger partial charge in [-0.15, -0.1) is 11.3 Å². The van der Waals surface area contributed by atoms with Crippen LogP contribution in [0.1, 0.15) is 40.6 Å². The molecule has 1 aliphatic carbocycles. The zero-order valence-corrected chi connectivity index (χ0v) is 17.1. The van der Waals surface area contributed by atoms with Crippen LogP contribution in [-0.4, -0.2) is 21.0 Å². The van der Waals surface area contributed by atoms with Crippen molar-refractivity contribution in [3.05, 3.63) is 44.2 Å². The first-order chi connectivity index (χ1) is 12.3. The molecular formula is C17H17Cl2NO4S2. The zero-order chi connectivity index (χ0) is 18.9. The van der Waals surface area contributed by atoms with Crippen molar-refractivity contribution in [2.75, 3.05) is 11.3 Å². The molecule has 1 aliphatic rings. The van der Waals surface area contributed by atoms with Gasteiger partial charge >= 0.3 is 5.97 Å². The fourth-order valence-electron chi connectivity index (χ4n) is 2.92. The van der Waals surface area contributed by atoms with Crippen LogP contribution in [-0.2, 0) is 27.6 Å². The van der Waals surface area contributed by atoms with Gasteiger partial charge < -0.3 is 4.74 Å². The smallest absolute Gasteiger partial charge is 0.341 e. The van der Waals surface area contributed by atoms with Crippen LogP contribution in [0.2, 0.25) is 10.0 Å². The van der Waals surface area contributed by atoms with Crippen molar-refractivity contribution < 1.29 is 17.9 Å². The molecule has 3 rings (SSSR count). The summed E-state index contributed by atoms with van der Waals surface area (Å²) in [7, 11) is -4.00. The zero-order valence-electron chi connectivity index (χ0n) is 14.0. The first-order valence-electron chi connectivity index (χ1n) is 8.13. The summed E-state index contributed by atoms with van der Waals surface area (Å²) in [6.45, 7) is 1.93. The van der Waals surface area contributed by atoms with E-state index in [9.17, 15) is 13.2 Å². The molecule has 5 nitrogen and oxygen atoms in total. The number of nitrogens with one attached hydrogen (secondary N) is 1. The molecule has 0 fully saturated rings. The van der Waals surface area contributed by atoms with Crippen molar-refractivity contribution in [2.24, 2.45) is 0 Å². The number of thiophene rings is 1. The summed E-state index contributed by atoms with van der Waals surface area (Å²) in [4.78, 5) is 13.3. The molecule has 26 heavy (non-hydrogen) atoms. The van der Waals surface area contributed by atoms with Crippen molar-refractivity contribution in [1.82, 2.24) is 0 Å². The Morgan fingerprint density at radius 1 is 1.27 bits per heavy atom. The lowest BCUT2D eigenvalue weighted by molar-refractivity contribution is 0.0526. The first kappa shape index (κ1) is 19.5. The number of hydrogen-bond donors (Lipinski definition) is 1. The van der Waals surface area contributed by atoms with Gasteiger partial charge in [0.25, 0.3) is 10.0 Å². The maximum absolute atomic E-state index is 12.8. The third kappa shape index (κ3) is 3.86. The van der Waals surface area contributed by atoms with E-state index in [2.05, 4.69) is 4.72 Å². The van der Waals surface area contributed by atoms with Gasteiger partial charge in [0.2, 0.25) is 0 Å². The third-order valence-electron chi connectivity index (χ3n) is 4.06. The van der Waals surface area contributed by atoms with Crippen molar-refractivity contribution in [2.45, 2.75) is 37.5 Å². The van der Waals surface area contributed by atoms with E-state index in [0.29, 0.717) is 5.56 Å². The number of fused-ring (bicyclic) bond motifs is 1. The minimum atomic E-state index is -4.00. The van der Waals surface area contributed by atoms with Gasteiger partial charge in [-0.05, 0) is 56.4 Å². The molecule has 1 aromatic heterocycles. The lowest BCUT2D eigenvalue weighted by Gasteiger charge is -2.13. The lowest BCUT2D eigenvalue weighted by Crippen LogP contribution is -2.16. The number of hydrogen-bond acceptors (Lipinski definition) is 5. The summed E-state index contributed by atoms with van der Waals surface area (Å²) in [5.74, 6) is -0.512. The Morgan fingerprint density at radius 3 is 2.73 bits per heavy atom. The number of ether oxygens (including phenoxy) is 1. The average Bonchev–Trinajstić information content (AvgIpc) is 2.94. The predicted octanol–water partition coefficient (Wildman–Crippen LogP) is 4.91. The monoisotopic (exact) mass is 433 g/mol. The molecule has 0 unspecified atom stereocenters.